The largest absolute Gasteiger partial charge is 0.491 e. The molecule has 28 heavy (non-hydrogen) atoms. The van der Waals surface area contributed by atoms with Gasteiger partial charge in [-0.3, -0.25) is 4.79 Å². The van der Waals surface area contributed by atoms with E-state index in [1.807, 2.05) is 80.6 Å². The van der Waals surface area contributed by atoms with Crippen molar-refractivity contribution in [3.05, 3.63) is 95.6 Å². The van der Waals surface area contributed by atoms with E-state index < -0.39 is 0 Å². The smallest absolute Gasteiger partial charge is 0.252 e. The van der Waals surface area contributed by atoms with Crippen LogP contribution in [0.4, 0.5) is 0 Å². The van der Waals surface area contributed by atoms with Crippen molar-refractivity contribution in [1.29, 1.82) is 0 Å². The molecular weight excluding hydrogens is 366 g/mol. The quantitative estimate of drug-likeness (QED) is 0.516. The van der Waals surface area contributed by atoms with Gasteiger partial charge in [0.1, 0.15) is 12.4 Å². The van der Waals surface area contributed by atoms with Gasteiger partial charge in [0.25, 0.3) is 5.91 Å². The maximum atomic E-state index is 12.8. The molecule has 0 aliphatic rings. The summed E-state index contributed by atoms with van der Waals surface area (Å²) in [5, 5.41) is 3.05. The molecule has 1 atom stereocenters. The van der Waals surface area contributed by atoms with Crippen LogP contribution in [0.1, 0.15) is 28.4 Å². The van der Waals surface area contributed by atoms with E-state index in [4.69, 9.17) is 4.74 Å². The number of benzene rings is 3. The van der Waals surface area contributed by atoms with Gasteiger partial charge in [0.15, 0.2) is 0 Å². The Labute approximate surface area is 171 Å². The first-order chi connectivity index (χ1) is 13.6. The Morgan fingerprint density at radius 1 is 0.964 bits per heavy atom. The third-order valence-corrected chi connectivity index (χ3v) is 5.47. The van der Waals surface area contributed by atoms with E-state index in [-0.39, 0.29) is 11.9 Å². The minimum atomic E-state index is -0.0979. The Balaban J connectivity index is 1.58. The van der Waals surface area contributed by atoms with Crippen molar-refractivity contribution in [2.75, 3.05) is 6.61 Å². The molecule has 3 rings (SSSR count). The zero-order chi connectivity index (χ0) is 19.8. The van der Waals surface area contributed by atoms with Gasteiger partial charge in [0.05, 0.1) is 11.6 Å². The number of ether oxygens (including phenoxy) is 1. The highest BCUT2D eigenvalue weighted by Gasteiger charge is 2.14. The van der Waals surface area contributed by atoms with E-state index in [0.29, 0.717) is 12.2 Å². The Bertz CT molecular complexity index is 911. The van der Waals surface area contributed by atoms with Crippen molar-refractivity contribution in [1.82, 2.24) is 5.32 Å². The van der Waals surface area contributed by atoms with Crippen LogP contribution in [0.2, 0.25) is 0 Å². The first-order valence-corrected chi connectivity index (χ1v) is 10.4. The molecule has 1 unspecified atom stereocenters. The third-order valence-electron chi connectivity index (χ3n) is 4.33. The number of thioether (sulfide) groups is 1. The molecule has 144 valence electrons. The number of hydrogen-bond acceptors (Lipinski definition) is 3. The van der Waals surface area contributed by atoms with Crippen molar-refractivity contribution in [3.63, 3.8) is 0 Å². The van der Waals surface area contributed by atoms with Crippen LogP contribution in [0.5, 0.6) is 5.75 Å². The molecule has 0 aliphatic carbocycles. The minimum absolute atomic E-state index is 0.0722. The third kappa shape index (κ3) is 5.64. The number of hydrogen-bond donors (Lipinski definition) is 1. The second-order valence-corrected chi connectivity index (χ2v) is 7.74. The van der Waals surface area contributed by atoms with Crippen molar-refractivity contribution in [2.24, 2.45) is 0 Å². The summed E-state index contributed by atoms with van der Waals surface area (Å²) in [6.45, 7) is 4.39. The second-order valence-electron chi connectivity index (χ2n) is 6.72. The number of para-hydroxylation sites is 1. The lowest BCUT2D eigenvalue weighted by atomic mass is 10.2. The average molecular weight is 392 g/mol. The number of carbonyl (C=O) groups is 1. The maximum Gasteiger partial charge on any atom is 0.252 e. The Morgan fingerprint density at radius 3 is 2.43 bits per heavy atom. The second kappa shape index (κ2) is 10.00. The first kappa shape index (κ1) is 20.0. The summed E-state index contributed by atoms with van der Waals surface area (Å²) >= 11 is 1.68. The predicted molar refractivity (Wildman–Crippen MR) is 116 cm³/mol. The first-order valence-electron chi connectivity index (χ1n) is 9.38. The van der Waals surface area contributed by atoms with E-state index in [1.165, 1.54) is 5.56 Å². The number of carbonyl (C=O) groups excluding carboxylic acids is 1. The molecule has 0 spiro atoms. The van der Waals surface area contributed by atoms with Crippen LogP contribution in [0.25, 0.3) is 0 Å². The van der Waals surface area contributed by atoms with Crippen molar-refractivity contribution in [3.8, 4) is 5.75 Å². The lowest BCUT2D eigenvalue weighted by Crippen LogP contribution is -2.37. The molecule has 0 aromatic heterocycles. The van der Waals surface area contributed by atoms with Gasteiger partial charge in [0.2, 0.25) is 0 Å². The number of amides is 1. The van der Waals surface area contributed by atoms with Gasteiger partial charge in [-0.25, -0.2) is 0 Å². The summed E-state index contributed by atoms with van der Waals surface area (Å²) < 4.78 is 5.85. The van der Waals surface area contributed by atoms with E-state index >= 15 is 0 Å². The highest BCUT2D eigenvalue weighted by Crippen LogP contribution is 2.26. The minimum Gasteiger partial charge on any atom is -0.491 e. The Morgan fingerprint density at radius 2 is 1.64 bits per heavy atom. The summed E-state index contributed by atoms with van der Waals surface area (Å²) in [7, 11) is 0. The fourth-order valence-electron chi connectivity index (χ4n) is 2.79. The predicted octanol–water partition coefficient (Wildman–Crippen LogP) is 5.48. The molecule has 0 bridgehead atoms. The molecule has 1 amide bonds. The SMILES string of the molecule is Cc1ccccc1OCC(C)NC(=O)c1ccccc1SCc1ccccc1. The van der Waals surface area contributed by atoms with Crippen molar-refractivity contribution < 1.29 is 9.53 Å². The van der Waals surface area contributed by atoms with Crippen molar-refractivity contribution in [2.45, 2.75) is 30.5 Å². The molecule has 4 heteroatoms. The molecule has 3 aromatic carbocycles. The Kier molecular flexibility index (Phi) is 7.15. The highest BCUT2D eigenvalue weighted by molar-refractivity contribution is 7.98. The topological polar surface area (TPSA) is 38.3 Å². The van der Waals surface area contributed by atoms with Gasteiger partial charge in [-0.1, -0.05) is 60.7 Å². The van der Waals surface area contributed by atoms with Crippen molar-refractivity contribution >= 4 is 17.7 Å². The molecule has 0 saturated carbocycles. The summed E-state index contributed by atoms with van der Waals surface area (Å²) in [6.07, 6.45) is 0. The van der Waals surface area contributed by atoms with Crippen LogP contribution >= 0.6 is 11.8 Å². The van der Waals surface area contributed by atoms with Gasteiger partial charge in [0, 0.05) is 10.6 Å². The van der Waals surface area contributed by atoms with E-state index in [0.717, 1.165) is 22.0 Å². The highest BCUT2D eigenvalue weighted by atomic mass is 32.2. The van der Waals surface area contributed by atoms with Crippen LogP contribution in [0.3, 0.4) is 0 Å². The maximum absolute atomic E-state index is 12.8. The summed E-state index contributed by atoms with van der Waals surface area (Å²) in [5.74, 6) is 1.61. The normalized spacial score (nSPS) is 11.6. The molecule has 3 nitrogen and oxygen atoms in total. The molecule has 0 fully saturated rings. The van der Waals surface area contributed by atoms with E-state index in [9.17, 15) is 4.79 Å². The standard InChI is InChI=1S/C24H25NO2S/c1-18-10-6-8-14-22(18)27-16-19(2)25-24(26)21-13-7-9-15-23(21)28-17-20-11-4-3-5-12-20/h3-15,19H,16-17H2,1-2H3,(H,25,26). The molecule has 3 aromatic rings. The van der Waals surface area contributed by atoms with E-state index in [1.54, 1.807) is 11.8 Å². The zero-order valence-electron chi connectivity index (χ0n) is 16.2. The fourth-order valence-corrected chi connectivity index (χ4v) is 3.80. The molecule has 0 radical (unpaired) electrons. The molecule has 0 heterocycles. The molecule has 0 saturated heterocycles. The van der Waals surface area contributed by atoms with E-state index in [2.05, 4.69) is 17.4 Å². The number of rotatable bonds is 8. The summed E-state index contributed by atoms with van der Waals surface area (Å²) in [4.78, 5) is 13.8. The lowest BCUT2D eigenvalue weighted by molar-refractivity contribution is 0.0923. The Hall–Kier alpha value is -2.72. The summed E-state index contributed by atoms with van der Waals surface area (Å²) in [6, 6.07) is 25.8. The van der Waals surface area contributed by atoms with Gasteiger partial charge in [-0.2, -0.15) is 0 Å². The van der Waals surface area contributed by atoms with Gasteiger partial charge < -0.3 is 10.1 Å². The van der Waals surface area contributed by atoms with Crippen LogP contribution in [0.15, 0.2) is 83.8 Å². The van der Waals surface area contributed by atoms with Crippen LogP contribution in [-0.4, -0.2) is 18.6 Å². The zero-order valence-corrected chi connectivity index (χ0v) is 17.0. The van der Waals surface area contributed by atoms with Gasteiger partial charge >= 0.3 is 0 Å². The number of nitrogens with one attached hydrogen (secondary N) is 1. The monoisotopic (exact) mass is 391 g/mol. The molecule has 0 aliphatic heterocycles. The van der Waals surface area contributed by atoms with Gasteiger partial charge in [-0.05, 0) is 43.2 Å². The molecular formula is C24H25NO2S. The van der Waals surface area contributed by atoms with Gasteiger partial charge in [-0.15, -0.1) is 11.8 Å². The average Bonchev–Trinajstić information content (AvgIpc) is 2.72. The fraction of sp³-hybridized carbons (Fsp3) is 0.208. The van der Waals surface area contributed by atoms with Crippen LogP contribution in [-0.2, 0) is 5.75 Å². The van der Waals surface area contributed by atoms with Crippen LogP contribution in [0, 0.1) is 6.92 Å². The number of aryl methyl sites for hydroxylation is 1. The van der Waals surface area contributed by atoms with Crippen LogP contribution < -0.4 is 10.1 Å². The lowest BCUT2D eigenvalue weighted by Gasteiger charge is -2.17. The molecule has 1 N–H and O–H groups in total. The summed E-state index contributed by atoms with van der Waals surface area (Å²) in [5.41, 5.74) is 3.03.